The van der Waals surface area contributed by atoms with Gasteiger partial charge in [-0.2, -0.15) is 0 Å². The fourth-order valence-electron chi connectivity index (χ4n) is 3.91. The first-order chi connectivity index (χ1) is 17.2. The number of carbonyl (C=O) groups is 1. The Balaban J connectivity index is 1.41. The Morgan fingerprint density at radius 3 is 2.23 bits per heavy atom. The van der Waals surface area contributed by atoms with Crippen LogP contribution in [0.5, 0.6) is 11.5 Å². The molecule has 0 saturated heterocycles. The van der Waals surface area contributed by atoms with E-state index in [0.29, 0.717) is 17.9 Å². The Kier molecular flexibility index (Phi) is 8.18. The van der Waals surface area contributed by atoms with E-state index in [0.717, 1.165) is 34.5 Å². The number of hydrogen-bond acceptors (Lipinski definition) is 3. The summed E-state index contributed by atoms with van der Waals surface area (Å²) in [7, 11) is 1.62. The normalized spacial score (nSPS) is 10.6. The average molecular weight is 466 g/mol. The van der Waals surface area contributed by atoms with Gasteiger partial charge in [0.05, 0.1) is 7.11 Å². The third-order valence-electron chi connectivity index (χ3n) is 5.93. The molecule has 35 heavy (non-hydrogen) atoms. The van der Waals surface area contributed by atoms with Crippen LogP contribution < -0.4 is 14.8 Å². The number of aryl methyl sites for hydroxylation is 1. The van der Waals surface area contributed by atoms with Gasteiger partial charge >= 0.3 is 0 Å². The first kappa shape index (κ1) is 24.1. The second kappa shape index (κ2) is 11.9. The first-order valence-electron chi connectivity index (χ1n) is 12.0. The number of benzene rings is 4. The summed E-state index contributed by atoms with van der Waals surface area (Å²) in [5.41, 5.74) is 5.72. The number of nitrogens with one attached hydrogen (secondary N) is 1. The average Bonchev–Trinajstić information content (AvgIpc) is 2.92. The zero-order valence-corrected chi connectivity index (χ0v) is 20.3. The van der Waals surface area contributed by atoms with Gasteiger partial charge in [-0.3, -0.25) is 4.79 Å². The Bertz CT molecular complexity index is 1230. The van der Waals surface area contributed by atoms with Gasteiger partial charge < -0.3 is 14.8 Å². The van der Waals surface area contributed by atoms with Crippen LogP contribution in [0, 0.1) is 0 Å². The van der Waals surface area contributed by atoms with Gasteiger partial charge in [0.25, 0.3) is 5.91 Å². The lowest BCUT2D eigenvalue weighted by molar-refractivity contribution is 0.102. The van der Waals surface area contributed by atoms with Crippen LogP contribution in [0.4, 0.5) is 5.69 Å². The van der Waals surface area contributed by atoms with Gasteiger partial charge in [0.15, 0.2) is 0 Å². The molecule has 4 aromatic rings. The molecule has 178 valence electrons. The number of hydrogen-bond donors (Lipinski definition) is 1. The monoisotopic (exact) mass is 465 g/mol. The highest BCUT2D eigenvalue weighted by Gasteiger charge is 2.12. The number of ether oxygens (including phenoxy) is 2. The maximum atomic E-state index is 12.9. The Morgan fingerprint density at radius 2 is 1.54 bits per heavy atom. The number of amides is 1. The van der Waals surface area contributed by atoms with Crippen LogP contribution in [-0.2, 0) is 13.0 Å². The number of anilines is 1. The van der Waals surface area contributed by atoms with Crippen LogP contribution >= 0.6 is 0 Å². The highest BCUT2D eigenvalue weighted by molar-refractivity contribution is 6.04. The predicted molar refractivity (Wildman–Crippen MR) is 142 cm³/mol. The summed E-state index contributed by atoms with van der Waals surface area (Å²) in [6.45, 7) is 2.48. The molecule has 0 spiro atoms. The fourth-order valence-corrected chi connectivity index (χ4v) is 3.91. The SMILES string of the molecule is CCCCc1ccc(NC(=O)c2ccc(OC)c(COc3ccc(-c4ccccc4)cc3)c2)cc1. The van der Waals surface area contributed by atoms with Gasteiger partial charge in [0, 0.05) is 16.8 Å². The van der Waals surface area contributed by atoms with Gasteiger partial charge in [-0.15, -0.1) is 0 Å². The lowest BCUT2D eigenvalue weighted by Crippen LogP contribution is -2.13. The maximum absolute atomic E-state index is 12.9. The topological polar surface area (TPSA) is 47.6 Å². The molecule has 0 radical (unpaired) electrons. The highest BCUT2D eigenvalue weighted by Crippen LogP contribution is 2.25. The molecule has 0 aliphatic carbocycles. The zero-order valence-electron chi connectivity index (χ0n) is 20.3. The van der Waals surface area contributed by atoms with E-state index in [1.807, 2.05) is 60.7 Å². The van der Waals surface area contributed by atoms with Gasteiger partial charge in [0.2, 0.25) is 0 Å². The molecular formula is C31H31NO3. The van der Waals surface area contributed by atoms with Crippen LogP contribution in [0.1, 0.15) is 41.3 Å². The van der Waals surface area contributed by atoms with Crippen molar-refractivity contribution in [3.8, 4) is 22.6 Å². The molecule has 4 nitrogen and oxygen atoms in total. The molecule has 0 bridgehead atoms. The molecule has 4 heteroatoms. The van der Waals surface area contributed by atoms with Crippen molar-refractivity contribution in [1.29, 1.82) is 0 Å². The van der Waals surface area contributed by atoms with Crippen LogP contribution in [0.25, 0.3) is 11.1 Å². The van der Waals surface area contributed by atoms with E-state index in [1.54, 1.807) is 19.2 Å². The van der Waals surface area contributed by atoms with Crippen LogP contribution in [-0.4, -0.2) is 13.0 Å². The van der Waals surface area contributed by atoms with E-state index in [1.165, 1.54) is 18.4 Å². The third-order valence-corrected chi connectivity index (χ3v) is 5.93. The van der Waals surface area contributed by atoms with E-state index in [9.17, 15) is 4.79 Å². The summed E-state index contributed by atoms with van der Waals surface area (Å²) < 4.78 is 11.5. The van der Waals surface area contributed by atoms with Crippen molar-refractivity contribution in [2.45, 2.75) is 32.8 Å². The number of methoxy groups -OCH3 is 1. The summed E-state index contributed by atoms with van der Waals surface area (Å²) in [5.74, 6) is 1.27. The van der Waals surface area contributed by atoms with Crippen molar-refractivity contribution < 1.29 is 14.3 Å². The van der Waals surface area contributed by atoms with E-state index in [2.05, 4.69) is 36.5 Å². The highest BCUT2D eigenvalue weighted by atomic mass is 16.5. The molecule has 0 aliphatic heterocycles. The zero-order chi connectivity index (χ0) is 24.5. The lowest BCUT2D eigenvalue weighted by Gasteiger charge is -2.13. The van der Waals surface area contributed by atoms with E-state index in [-0.39, 0.29) is 5.91 Å². The number of carbonyl (C=O) groups excluding carboxylic acids is 1. The molecule has 4 aromatic carbocycles. The summed E-state index contributed by atoms with van der Waals surface area (Å²) in [4.78, 5) is 12.9. The summed E-state index contributed by atoms with van der Waals surface area (Å²) >= 11 is 0. The molecule has 4 rings (SSSR count). The minimum absolute atomic E-state index is 0.164. The Hall–Kier alpha value is -4.05. The van der Waals surface area contributed by atoms with Crippen molar-refractivity contribution >= 4 is 11.6 Å². The molecule has 0 fully saturated rings. The standard InChI is InChI=1S/C31H31NO3/c1-3-4-8-23-11-16-28(17-12-23)32-31(33)26-15-20-30(34-2)27(21-26)22-35-29-18-13-25(14-19-29)24-9-6-5-7-10-24/h5-7,9-21H,3-4,8,22H2,1-2H3,(H,32,33). The fraction of sp³-hybridized carbons (Fsp3) is 0.194. The van der Waals surface area contributed by atoms with Crippen molar-refractivity contribution in [2.75, 3.05) is 12.4 Å². The third kappa shape index (κ3) is 6.51. The number of unbranched alkanes of at least 4 members (excludes halogenated alkanes) is 1. The van der Waals surface area contributed by atoms with E-state index >= 15 is 0 Å². The van der Waals surface area contributed by atoms with Gasteiger partial charge in [-0.1, -0.05) is 67.9 Å². The Morgan fingerprint density at radius 1 is 0.829 bits per heavy atom. The van der Waals surface area contributed by atoms with Crippen LogP contribution in [0.2, 0.25) is 0 Å². The van der Waals surface area contributed by atoms with Crippen molar-refractivity contribution in [3.63, 3.8) is 0 Å². The molecule has 1 N–H and O–H groups in total. The molecule has 0 heterocycles. The van der Waals surface area contributed by atoms with Crippen molar-refractivity contribution in [3.05, 3.63) is 114 Å². The quantitative estimate of drug-likeness (QED) is 0.263. The largest absolute Gasteiger partial charge is 0.496 e. The van der Waals surface area contributed by atoms with E-state index < -0.39 is 0 Å². The van der Waals surface area contributed by atoms with Gasteiger partial charge in [-0.25, -0.2) is 0 Å². The maximum Gasteiger partial charge on any atom is 0.255 e. The molecule has 1 amide bonds. The lowest BCUT2D eigenvalue weighted by atomic mass is 10.1. The summed E-state index contributed by atoms with van der Waals surface area (Å²) in [6.07, 6.45) is 3.39. The van der Waals surface area contributed by atoms with Crippen molar-refractivity contribution in [2.24, 2.45) is 0 Å². The van der Waals surface area contributed by atoms with Crippen LogP contribution in [0.3, 0.4) is 0 Å². The van der Waals surface area contributed by atoms with Crippen molar-refractivity contribution in [1.82, 2.24) is 0 Å². The summed E-state index contributed by atoms with van der Waals surface area (Å²) in [6, 6.07) is 31.7. The predicted octanol–water partition coefficient (Wildman–Crippen LogP) is 7.54. The molecular weight excluding hydrogens is 434 g/mol. The van der Waals surface area contributed by atoms with Crippen LogP contribution in [0.15, 0.2) is 97.1 Å². The van der Waals surface area contributed by atoms with Gasteiger partial charge in [0.1, 0.15) is 18.1 Å². The Labute approximate surface area is 207 Å². The van der Waals surface area contributed by atoms with Gasteiger partial charge in [-0.05, 0) is 72.0 Å². The second-order valence-corrected chi connectivity index (χ2v) is 8.46. The second-order valence-electron chi connectivity index (χ2n) is 8.46. The molecule has 0 saturated carbocycles. The smallest absolute Gasteiger partial charge is 0.255 e. The number of rotatable bonds is 10. The minimum Gasteiger partial charge on any atom is -0.496 e. The first-order valence-corrected chi connectivity index (χ1v) is 12.0. The minimum atomic E-state index is -0.164. The summed E-state index contributed by atoms with van der Waals surface area (Å²) in [5, 5.41) is 2.98. The molecule has 0 aliphatic rings. The molecule has 0 unspecified atom stereocenters. The molecule has 0 atom stereocenters. The van der Waals surface area contributed by atoms with E-state index in [4.69, 9.17) is 9.47 Å². The molecule has 0 aromatic heterocycles.